The van der Waals surface area contributed by atoms with Crippen LogP contribution in [0.1, 0.15) is 52.8 Å². The van der Waals surface area contributed by atoms with Gasteiger partial charge >= 0.3 is 6.09 Å². The molecule has 1 amide bonds. The first-order valence-electron chi connectivity index (χ1n) is 8.69. The van der Waals surface area contributed by atoms with E-state index in [9.17, 15) is 4.79 Å². The minimum absolute atomic E-state index is 0.0809. The smallest absolute Gasteiger partial charge is 0.410 e. The van der Waals surface area contributed by atoms with Crippen LogP contribution >= 0.6 is 11.6 Å². The lowest BCUT2D eigenvalue weighted by molar-refractivity contribution is 0.0285. The Labute approximate surface area is 149 Å². The van der Waals surface area contributed by atoms with Crippen molar-refractivity contribution < 1.29 is 9.53 Å². The quantitative estimate of drug-likeness (QED) is 0.877. The SMILES string of the molecule is CCNC(c1c(Cl)cnn1CC)C1CCN(C(=O)OC(C)(C)C)C1. The van der Waals surface area contributed by atoms with Crippen LogP contribution in [0.2, 0.25) is 5.02 Å². The topological polar surface area (TPSA) is 59.4 Å². The highest BCUT2D eigenvalue weighted by molar-refractivity contribution is 6.31. The van der Waals surface area contributed by atoms with Gasteiger partial charge in [0.15, 0.2) is 0 Å². The number of aryl methyl sites for hydroxylation is 1. The third kappa shape index (κ3) is 4.42. The Kier molecular flexibility index (Phi) is 6.15. The van der Waals surface area contributed by atoms with E-state index in [0.717, 1.165) is 25.2 Å². The summed E-state index contributed by atoms with van der Waals surface area (Å²) in [4.78, 5) is 14.1. The molecule has 2 rings (SSSR count). The van der Waals surface area contributed by atoms with Gasteiger partial charge in [0, 0.05) is 19.6 Å². The molecular weight excluding hydrogens is 328 g/mol. The first-order chi connectivity index (χ1) is 11.3. The Bertz CT molecular complexity index is 567. The van der Waals surface area contributed by atoms with E-state index >= 15 is 0 Å². The highest BCUT2D eigenvalue weighted by Crippen LogP contribution is 2.34. The second-order valence-corrected chi connectivity index (χ2v) is 7.61. The molecular formula is C17H29ClN4O2. The number of hydrogen-bond acceptors (Lipinski definition) is 4. The summed E-state index contributed by atoms with van der Waals surface area (Å²) in [6.45, 7) is 12.8. The van der Waals surface area contributed by atoms with Crippen molar-refractivity contribution in [1.82, 2.24) is 20.0 Å². The van der Waals surface area contributed by atoms with Crippen LogP contribution in [0.5, 0.6) is 0 Å². The summed E-state index contributed by atoms with van der Waals surface area (Å²) >= 11 is 6.39. The van der Waals surface area contributed by atoms with E-state index < -0.39 is 5.60 Å². The number of rotatable bonds is 5. The van der Waals surface area contributed by atoms with Crippen LogP contribution in [0.25, 0.3) is 0 Å². The third-order valence-electron chi connectivity index (χ3n) is 4.20. The molecule has 0 aliphatic carbocycles. The molecule has 1 aliphatic heterocycles. The van der Waals surface area contributed by atoms with Gasteiger partial charge < -0.3 is 15.0 Å². The number of hydrogen-bond donors (Lipinski definition) is 1. The average Bonchev–Trinajstić information content (AvgIpc) is 3.10. The fraction of sp³-hybridized carbons (Fsp3) is 0.765. The molecule has 6 nitrogen and oxygen atoms in total. The van der Waals surface area contributed by atoms with Crippen LogP contribution in [0.15, 0.2) is 6.20 Å². The van der Waals surface area contributed by atoms with Gasteiger partial charge in [0.25, 0.3) is 0 Å². The number of aromatic nitrogens is 2. The Hall–Kier alpha value is -1.27. The molecule has 1 N–H and O–H groups in total. The van der Waals surface area contributed by atoms with E-state index in [2.05, 4.69) is 24.3 Å². The van der Waals surface area contributed by atoms with Gasteiger partial charge in [0.2, 0.25) is 0 Å². The number of ether oxygens (including phenoxy) is 1. The molecule has 1 fully saturated rings. The lowest BCUT2D eigenvalue weighted by atomic mass is 9.95. The maximum absolute atomic E-state index is 12.3. The zero-order valence-electron chi connectivity index (χ0n) is 15.3. The van der Waals surface area contributed by atoms with E-state index in [1.807, 2.05) is 25.5 Å². The predicted molar refractivity (Wildman–Crippen MR) is 95.2 cm³/mol. The molecule has 1 saturated heterocycles. The van der Waals surface area contributed by atoms with Gasteiger partial charge in [-0.15, -0.1) is 0 Å². The molecule has 1 aromatic rings. The minimum atomic E-state index is -0.472. The van der Waals surface area contributed by atoms with Gasteiger partial charge in [-0.2, -0.15) is 5.10 Å². The summed E-state index contributed by atoms with van der Waals surface area (Å²) in [7, 11) is 0. The summed E-state index contributed by atoms with van der Waals surface area (Å²) in [5, 5.41) is 8.56. The highest BCUT2D eigenvalue weighted by Gasteiger charge is 2.36. The molecule has 136 valence electrons. The van der Waals surface area contributed by atoms with Crippen LogP contribution < -0.4 is 5.32 Å². The van der Waals surface area contributed by atoms with Crippen molar-refractivity contribution in [3.8, 4) is 0 Å². The number of carbonyl (C=O) groups excluding carboxylic acids is 1. The number of carbonyl (C=O) groups is 1. The number of halogens is 1. The monoisotopic (exact) mass is 356 g/mol. The van der Waals surface area contributed by atoms with Crippen LogP contribution in [0.3, 0.4) is 0 Å². The Balaban J connectivity index is 2.13. The van der Waals surface area contributed by atoms with E-state index in [1.165, 1.54) is 0 Å². The Morgan fingerprint density at radius 1 is 1.50 bits per heavy atom. The molecule has 24 heavy (non-hydrogen) atoms. The minimum Gasteiger partial charge on any atom is -0.444 e. The van der Waals surface area contributed by atoms with Crippen LogP contribution in [0.4, 0.5) is 4.79 Å². The van der Waals surface area contributed by atoms with Gasteiger partial charge in [-0.3, -0.25) is 4.68 Å². The summed E-state index contributed by atoms with van der Waals surface area (Å²) in [5.41, 5.74) is 0.539. The normalized spacial score (nSPS) is 19.6. The molecule has 0 spiro atoms. The van der Waals surface area contributed by atoms with E-state index in [0.29, 0.717) is 18.1 Å². The highest BCUT2D eigenvalue weighted by atomic mass is 35.5. The first kappa shape index (κ1) is 19.1. The number of nitrogens with zero attached hydrogens (tertiary/aromatic N) is 3. The second-order valence-electron chi connectivity index (χ2n) is 7.20. The summed E-state index contributed by atoms with van der Waals surface area (Å²) in [6.07, 6.45) is 2.38. The van der Waals surface area contributed by atoms with Crippen LogP contribution in [-0.2, 0) is 11.3 Å². The van der Waals surface area contributed by atoms with Gasteiger partial charge in [-0.1, -0.05) is 18.5 Å². The van der Waals surface area contributed by atoms with Gasteiger partial charge in [-0.25, -0.2) is 4.79 Å². The molecule has 0 radical (unpaired) electrons. The van der Waals surface area contributed by atoms with Crippen molar-refractivity contribution in [3.63, 3.8) is 0 Å². The molecule has 2 heterocycles. The zero-order chi connectivity index (χ0) is 17.9. The molecule has 2 atom stereocenters. The van der Waals surface area contributed by atoms with E-state index in [1.54, 1.807) is 11.1 Å². The molecule has 0 aromatic carbocycles. The summed E-state index contributed by atoms with van der Waals surface area (Å²) in [5.74, 6) is 0.289. The number of likely N-dealkylation sites (tertiary alicyclic amines) is 1. The van der Waals surface area contributed by atoms with Gasteiger partial charge in [0.1, 0.15) is 5.60 Å². The second kappa shape index (κ2) is 7.74. The van der Waals surface area contributed by atoms with Crippen molar-refractivity contribution in [3.05, 3.63) is 16.9 Å². The average molecular weight is 357 g/mol. The molecule has 1 aromatic heterocycles. The maximum atomic E-state index is 12.3. The first-order valence-corrected chi connectivity index (χ1v) is 9.07. The molecule has 0 bridgehead atoms. The van der Waals surface area contributed by atoms with Crippen molar-refractivity contribution in [2.45, 2.75) is 59.2 Å². The van der Waals surface area contributed by atoms with E-state index in [4.69, 9.17) is 16.3 Å². The zero-order valence-corrected chi connectivity index (χ0v) is 16.1. The van der Waals surface area contributed by atoms with E-state index in [-0.39, 0.29) is 18.1 Å². The molecule has 0 saturated carbocycles. The van der Waals surface area contributed by atoms with Crippen molar-refractivity contribution in [2.24, 2.45) is 5.92 Å². The van der Waals surface area contributed by atoms with Crippen molar-refractivity contribution in [2.75, 3.05) is 19.6 Å². The molecule has 2 unspecified atom stereocenters. The third-order valence-corrected chi connectivity index (χ3v) is 4.49. The fourth-order valence-electron chi connectivity index (χ4n) is 3.19. The van der Waals surface area contributed by atoms with Crippen LogP contribution in [0, 0.1) is 5.92 Å². The maximum Gasteiger partial charge on any atom is 0.410 e. The summed E-state index contributed by atoms with van der Waals surface area (Å²) < 4.78 is 7.43. The lowest BCUT2D eigenvalue weighted by Gasteiger charge is -2.27. The Morgan fingerprint density at radius 2 is 2.21 bits per heavy atom. The predicted octanol–water partition coefficient (Wildman–Crippen LogP) is 3.46. The molecule has 1 aliphatic rings. The standard InChI is InChI=1S/C17H29ClN4O2/c1-6-19-14(15-13(18)10-20-22(15)7-2)12-8-9-21(11-12)16(23)24-17(3,4)5/h10,12,14,19H,6-9,11H2,1-5H3. The largest absolute Gasteiger partial charge is 0.444 e. The summed E-state index contributed by atoms with van der Waals surface area (Å²) in [6, 6.07) is 0.0809. The van der Waals surface area contributed by atoms with Crippen LogP contribution in [-0.4, -0.2) is 46.0 Å². The number of amides is 1. The lowest BCUT2D eigenvalue weighted by Crippen LogP contribution is -2.37. The Morgan fingerprint density at radius 3 is 2.79 bits per heavy atom. The fourth-order valence-corrected chi connectivity index (χ4v) is 3.45. The molecule has 7 heteroatoms. The van der Waals surface area contributed by atoms with Crippen molar-refractivity contribution in [1.29, 1.82) is 0 Å². The van der Waals surface area contributed by atoms with Crippen molar-refractivity contribution >= 4 is 17.7 Å². The number of nitrogens with one attached hydrogen (secondary N) is 1. The van der Waals surface area contributed by atoms with Gasteiger partial charge in [0.05, 0.1) is 23.0 Å². The van der Waals surface area contributed by atoms with Gasteiger partial charge in [-0.05, 0) is 46.6 Å².